The lowest BCUT2D eigenvalue weighted by molar-refractivity contribution is 0.0990. The summed E-state index contributed by atoms with van der Waals surface area (Å²) in [6.07, 6.45) is 1.57. The summed E-state index contributed by atoms with van der Waals surface area (Å²) in [6, 6.07) is 16.7. The number of aromatic nitrogens is 2. The zero-order chi connectivity index (χ0) is 24.1. The van der Waals surface area contributed by atoms with Crippen LogP contribution in [0.1, 0.15) is 33.7 Å². The Labute approximate surface area is 205 Å². The number of nitrogens with one attached hydrogen (secondary N) is 2. The molecule has 0 fully saturated rings. The van der Waals surface area contributed by atoms with Crippen LogP contribution in [0.3, 0.4) is 0 Å². The van der Waals surface area contributed by atoms with Crippen molar-refractivity contribution in [2.45, 2.75) is 20.1 Å². The Morgan fingerprint density at radius 2 is 1.74 bits per heavy atom. The predicted molar refractivity (Wildman–Crippen MR) is 130 cm³/mol. The smallest absolute Gasteiger partial charge is 0.291 e. The quantitative estimate of drug-likeness (QED) is 0.315. The molecule has 8 nitrogen and oxygen atoms in total. The molecule has 0 bridgehead atoms. The third kappa shape index (κ3) is 5.41. The van der Waals surface area contributed by atoms with Gasteiger partial charge in [0.25, 0.3) is 11.8 Å². The maximum atomic E-state index is 12.6. The lowest BCUT2D eigenvalue weighted by atomic mass is 10.2. The molecule has 2 amide bonds. The van der Waals surface area contributed by atoms with E-state index in [9.17, 15) is 9.59 Å². The van der Waals surface area contributed by atoms with E-state index in [1.54, 1.807) is 71.5 Å². The van der Waals surface area contributed by atoms with Crippen molar-refractivity contribution in [1.29, 1.82) is 0 Å². The minimum absolute atomic E-state index is 0.0726. The predicted octanol–water partition coefficient (Wildman–Crippen LogP) is 5.89. The average molecular weight is 499 g/mol. The van der Waals surface area contributed by atoms with Crippen LogP contribution >= 0.6 is 23.2 Å². The number of anilines is 2. The van der Waals surface area contributed by atoms with E-state index in [0.29, 0.717) is 45.2 Å². The number of carbonyl (C=O) groups excluding carboxylic acids is 2. The van der Waals surface area contributed by atoms with Crippen molar-refractivity contribution < 1.29 is 18.7 Å². The molecule has 0 saturated heterocycles. The molecule has 10 heteroatoms. The van der Waals surface area contributed by atoms with Crippen LogP contribution in [0.15, 0.2) is 71.3 Å². The molecule has 0 aliphatic rings. The van der Waals surface area contributed by atoms with Crippen molar-refractivity contribution in [1.82, 2.24) is 9.78 Å². The fourth-order valence-corrected chi connectivity index (χ4v) is 3.51. The fourth-order valence-electron chi connectivity index (χ4n) is 3.16. The van der Waals surface area contributed by atoms with Gasteiger partial charge in [-0.15, -0.1) is 0 Å². The number of rotatable bonds is 8. The van der Waals surface area contributed by atoms with Crippen LogP contribution < -0.4 is 15.4 Å². The maximum absolute atomic E-state index is 12.6. The first kappa shape index (κ1) is 23.4. The van der Waals surface area contributed by atoms with E-state index in [4.69, 9.17) is 32.4 Å². The van der Waals surface area contributed by atoms with Gasteiger partial charge in [0.15, 0.2) is 5.76 Å². The zero-order valence-electron chi connectivity index (χ0n) is 18.0. The molecule has 34 heavy (non-hydrogen) atoms. The molecule has 4 rings (SSSR count). The van der Waals surface area contributed by atoms with E-state index in [1.807, 2.05) is 6.92 Å². The number of furan rings is 1. The van der Waals surface area contributed by atoms with Gasteiger partial charge in [0.1, 0.15) is 28.8 Å². The Balaban J connectivity index is 1.37. The zero-order valence-corrected chi connectivity index (χ0v) is 19.6. The van der Waals surface area contributed by atoms with Gasteiger partial charge in [-0.3, -0.25) is 14.3 Å². The average Bonchev–Trinajstić information content (AvgIpc) is 3.50. The number of hydrogen-bond donors (Lipinski definition) is 2. The molecule has 0 radical (unpaired) electrons. The first-order valence-corrected chi connectivity index (χ1v) is 11.1. The van der Waals surface area contributed by atoms with Gasteiger partial charge in [-0.2, -0.15) is 5.10 Å². The third-order valence-corrected chi connectivity index (χ3v) is 5.60. The monoisotopic (exact) mass is 498 g/mol. The number of carbonyl (C=O) groups is 2. The lowest BCUT2D eigenvalue weighted by Crippen LogP contribution is -2.17. The largest absolute Gasteiger partial charge is 0.484 e. The second-order valence-electron chi connectivity index (χ2n) is 7.13. The summed E-state index contributed by atoms with van der Waals surface area (Å²) in [6.45, 7) is 2.55. The second-order valence-corrected chi connectivity index (χ2v) is 7.91. The van der Waals surface area contributed by atoms with Crippen molar-refractivity contribution in [3.05, 3.63) is 94.1 Å². The molecular formula is C24H20Cl2N4O4. The number of hydrogen-bond acceptors (Lipinski definition) is 5. The Kier molecular flexibility index (Phi) is 7.20. The van der Waals surface area contributed by atoms with Crippen LogP contribution in [0.25, 0.3) is 0 Å². The Bertz CT molecular complexity index is 1330. The molecular weight excluding hydrogens is 479 g/mol. The molecule has 174 valence electrons. The molecule has 2 aromatic carbocycles. The number of nitrogens with zero attached hydrogens (tertiary/aromatic N) is 2. The highest BCUT2D eigenvalue weighted by atomic mass is 35.5. The summed E-state index contributed by atoms with van der Waals surface area (Å²) < 4.78 is 12.8. The van der Waals surface area contributed by atoms with Gasteiger partial charge < -0.3 is 19.8 Å². The minimum Gasteiger partial charge on any atom is -0.484 e. The minimum atomic E-state index is -0.445. The first-order chi connectivity index (χ1) is 16.4. The molecule has 2 heterocycles. The highest BCUT2D eigenvalue weighted by Crippen LogP contribution is 2.32. The number of ether oxygens (including phenoxy) is 1. The van der Waals surface area contributed by atoms with E-state index in [2.05, 4.69) is 15.7 Å². The second kappa shape index (κ2) is 10.5. The van der Waals surface area contributed by atoms with Crippen molar-refractivity contribution in [2.24, 2.45) is 0 Å². The normalized spacial score (nSPS) is 10.7. The molecule has 0 aliphatic carbocycles. The van der Waals surface area contributed by atoms with Gasteiger partial charge in [-0.25, -0.2) is 0 Å². The summed E-state index contributed by atoms with van der Waals surface area (Å²) in [7, 11) is 0. The molecule has 0 saturated carbocycles. The van der Waals surface area contributed by atoms with Gasteiger partial charge in [0.2, 0.25) is 0 Å². The van der Waals surface area contributed by atoms with E-state index >= 15 is 0 Å². The summed E-state index contributed by atoms with van der Waals surface area (Å²) in [4.78, 5) is 25.1. The molecule has 0 spiro atoms. The summed E-state index contributed by atoms with van der Waals surface area (Å²) >= 11 is 12.1. The van der Waals surface area contributed by atoms with Gasteiger partial charge in [-0.05, 0) is 55.5 Å². The van der Waals surface area contributed by atoms with Crippen molar-refractivity contribution in [3.8, 4) is 5.75 Å². The van der Waals surface area contributed by atoms with Gasteiger partial charge in [-0.1, -0.05) is 35.3 Å². The molecule has 0 atom stereocenters. The standard InChI is InChI=1S/C24H20Cl2N4O4/c1-2-30-19(11-12-27-30)23(31)28-15-5-3-6-16(13-15)29-24(32)21-10-9-17(34-21)14-33-20-8-4-7-18(25)22(20)26/h3-13H,2,14H2,1H3,(H,28,31)(H,29,32). The number of amides is 2. The van der Waals surface area contributed by atoms with E-state index in [-0.39, 0.29) is 18.3 Å². The maximum Gasteiger partial charge on any atom is 0.291 e. The van der Waals surface area contributed by atoms with Crippen molar-refractivity contribution in [2.75, 3.05) is 10.6 Å². The Morgan fingerprint density at radius 1 is 1.00 bits per heavy atom. The third-order valence-electron chi connectivity index (χ3n) is 4.80. The van der Waals surface area contributed by atoms with Gasteiger partial charge in [0.05, 0.1) is 5.02 Å². The van der Waals surface area contributed by atoms with Crippen LogP contribution in [-0.4, -0.2) is 21.6 Å². The summed E-state index contributed by atoms with van der Waals surface area (Å²) in [5.41, 5.74) is 1.46. The number of aryl methyl sites for hydroxylation is 1. The fraction of sp³-hybridized carbons (Fsp3) is 0.125. The molecule has 0 unspecified atom stereocenters. The lowest BCUT2D eigenvalue weighted by Gasteiger charge is -2.09. The van der Waals surface area contributed by atoms with Crippen LogP contribution in [0.2, 0.25) is 10.0 Å². The SMILES string of the molecule is CCn1nccc1C(=O)Nc1cccc(NC(=O)c2ccc(COc3cccc(Cl)c3Cl)o2)c1. The molecule has 2 aromatic heterocycles. The topological polar surface area (TPSA) is 98.4 Å². The highest BCUT2D eigenvalue weighted by Gasteiger charge is 2.15. The summed E-state index contributed by atoms with van der Waals surface area (Å²) in [5.74, 6) is 0.224. The first-order valence-electron chi connectivity index (χ1n) is 10.3. The number of benzene rings is 2. The van der Waals surface area contributed by atoms with Crippen molar-refractivity contribution >= 4 is 46.4 Å². The van der Waals surface area contributed by atoms with Crippen molar-refractivity contribution in [3.63, 3.8) is 0 Å². The van der Waals surface area contributed by atoms with E-state index in [1.165, 1.54) is 0 Å². The summed E-state index contributed by atoms with van der Waals surface area (Å²) in [5, 5.41) is 10.3. The Morgan fingerprint density at radius 3 is 2.50 bits per heavy atom. The van der Waals surface area contributed by atoms with Crippen LogP contribution in [0.4, 0.5) is 11.4 Å². The van der Waals surface area contributed by atoms with E-state index < -0.39 is 5.91 Å². The Hall–Kier alpha value is -3.75. The van der Waals surface area contributed by atoms with Crippen LogP contribution in [0, 0.1) is 0 Å². The molecule has 4 aromatic rings. The molecule has 0 aliphatic heterocycles. The highest BCUT2D eigenvalue weighted by molar-refractivity contribution is 6.42. The number of halogens is 2. The van der Waals surface area contributed by atoms with Gasteiger partial charge >= 0.3 is 0 Å². The van der Waals surface area contributed by atoms with E-state index in [0.717, 1.165) is 0 Å². The molecule has 2 N–H and O–H groups in total. The van der Waals surface area contributed by atoms with Crippen LogP contribution in [0.5, 0.6) is 5.75 Å². The van der Waals surface area contributed by atoms with Crippen LogP contribution in [-0.2, 0) is 13.2 Å². The van der Waals surface area contributed by atoms with Gasteiger partial charge in [0, 0.05) is 24.1 Å².